The predicted molar refractivity (Wildman–Crippen MR) is 77.5 cm³/mol. The van der Waals surface area contributed by atoms with E-state index in [0.29, 0.717) is 18.0 Å². The highest BCUT2D eigenvalue weighted by Gasteiger charge is 2.16. The summed E-state index contributed by atoms with van der Waals surface area (Å²) in [6.45, 7) is 3.02. The van der Waals surface area contributed by atoms with Crippen molar-refractivity contribution in [1.82, 2.24) is 14.9 Å². The average Bonchev–Trinajstić information content (AvgIpc) is 2.36. The molecule has 0 heterocycles. The monoisotopic (exact) mass is 285 g/mol. The van der Waals surface area contributed by atoms with E-state index in [-0.39, 0.29) is 6.04 Å². The standard InChI is InChI=1S/C13H23N3O2S/c1-11(16(3)4)9-15-19(17,18)13-7-5-6-12(8-13)10-14-2/h5-8,11,14-15H,9-10H2,1-4H3. The van der Waals surface area contributed by atoms with Crippen molar-refractivity contribution < 1.29 is 8.42 Å². The molecule has 5 nitrogen and oxygen atoms in total. The molecule has 2 N–H and O–H groups in total. The molecule has 0 saturated heterocycles. The third-order valence-corrected chi connectivity index (χ3v) is 4.46. The molecule has 1 atom stereocenters. The quantitative estimate of drug-likeness (QED) is 0.771. The van der Waals surface area contributed by atoms with Crippen molar-refractivity contribution in [3.8, 4) is 0 Å². The van der Waals surface area contributed by atoms with E-state index in [2.05, 4.69) is 10.0 Å². The highest BCUT2D eigenvalue weighted by atomic mass is 32.2. The second-order valence-electron chi connectivity index (χ2n) is 4.84. The number of hydrogen-bond acceptors (Lipinski definition) is 4. The summed E-state index contributed by atoms with van der Waals surface area (Å²) < 4.78 is 27.0. The first kappa shape index (κ1) is 16.1. The van der Waals surface area contributed by atoms with E-state index >= 15 is 0 Å². The SMILES string of the molecule is CNCc1cccc(S(=O)(=O)NCC(C)N(C)C)c1. The van der Waals surface area contributed by atoms with Crippen LogP contribution in [-0.4, -0.2) is 47.0 Å². The molecule has 0 radical (unpaired) electrons. The van der Waals surface area contributed by atoms with Crippen molar-refractivity contribution in [1.29, 1.82) is 0 Å². The average molecular weight is 285 g/mol. The summed E-state index contributed by atoms with van der Waals surface area (Å²) >= 11 is 0. The van der Waals surface area contributed by atoms with Crippen LogP contribution < -0.4 is 10.0 Å². The zero-order valence-corrected chi connectivity index (χ0v) is 12.8. The van der Waals surface area contributed by atoms with Gasteiger partial charge in [0.2, 0.25) is 10.0 Å². The van der Waals surface area contributed by atoms with Gasteiger partial charge in [-0.25, -0.2) is 13.1 Å². The van der Waals surface area contributed by atoms with E-state index in [4.69, 9.17) is 0 Å². The summed E-state index contributed by atoms with van der Waals surface area (Å²) in [7, 11) is 2.24. The molecule has 1 rings (SSSR count). The van der Waals surface area contributed by atoms with Crippen LogP contribution >= 0.6 is 0 Å². The van der Waals surface area contributed by atoms with Gasteiger partial charge in [0.25, 0.3) is 0 Å². The summed E-state index contributed by atoms with van der Waals surface area (Å²) in [5.74, 6) is 0. The molecular weight excluding hydrogens is 262 g/mol. The Hall–Kier alpha value is -0.950. The fourth-order valence-electron chi connectivity index (χ4n) is 1.52. The van der Waals surface area contributed by atoms with Crippen molar-refractivity contribution in [2.75, 3.05) is 27.7 Å². The summed E-state index contributed by atoms with van der Waals surface area (Å²) in [6, 6.07) is 7.12. The van der Waals surface area contributed by atoms with Crippen LogP contribution in [-0.2, 0) is 16.6 Å². The zero-order chi connectivity index (χ0) is 14.5. The lowest BCUT2D eigenvalue weighted by Crippen LogP contribution is -2.38. The molecule has 0 aliphatic carbocycles. The Balaban J connectivity index is 2.79. The minimum Gasteiger partial charge on any atom is -0.316 e. The van der Waals surface area contributed by atoms with Gasteiger partial charge >= 0.3 is 0 Å². The van der Waals surface area contributed by atoms with Gasteiger partial charge in [-0.3, -0.25) is 0 Å². The summed E-state index contributed by atoms with van der Waals surface area (Å²) in [5.41, 5.74) is 0.950. The molecule has 6 heteroatoms. The van der Waals surface area contributed by atoms with Gasteiger partial charge < -0.3 is 10.2 Å². The topological polar surface area (TPSA) is 61.4 Å². The second-order valence-corrected chi connectivity index (χ2v) is 6.61. The molecule has 0 amide bonds. The lowest BCUT2D eigenvalue weighted by Gasteiger charge is -2.20. The molecule has 0 aliphatic heterocycles. The zero-order valence-electron chi connectivity index (χ0n) is 12.0. The highest BCUT2D eigenvalue weighted by molar-refractivity contribution is 7.89. The Bertz CT molecular complexity index is 500. The van der Waals surface area contributed by atoms with E-state index in [9.17, 15) is 8.42 Å². The lowest BCUT2D eigenvalue weighted by molar-refractivity contribution is 0.314. The van der Waals surface area contributed by atoms with Gasteiger partial charge in [-0.2, -0.15) is 0 Å². The van der Waals surface area contributed by atoms with Crippen LogP contribution in [0, 0.1) is 0 Å². The molecule has 1 aromatic carbocycles. The second kappa shape index (κ2) is 7.00. The third kappa shape index (κ3) is 4.91. The molecule has 19 heavy (non-hydrogen) atoms. The summed E-state index contributed by atoms with van der Waals surface area (Å²) in [4.78, 5) is 2.28. The van der Waals surface area contributed by atoms with Crippen LogP contribution in [0.25, 0.3) is 0 Å². The van der Waals surface area contributed by atoms with Crippen molar-refractivity contribution >= 4 is 10.0 Å². The molecule has 0 spiro atoms. The molecule has 0 aromatic heterocycles. The summed E-state index contributed by atoms with van der Waals surface area (Å²) in [5, 5.41) is 3.01. The van der Waals surface area contributed by atoms with Crippen molar-refractivity contribution in [3.05, 3.63) is 29.8 Å². The van der Waals surface area contributed by atoms with Crippen LogP contribution in [0.4, 0.5) is 0 Å². The Morgan fingerprint density at radius 1 is 1.32 bits per heavy atom. The number of nitrogens with zero attached hydrogens (tertiary/aromatic N) is 1. The maximum absolute atomic E-state index is 12.2. The molecule has 0 bridgehead atoms. The number of hydrogen-bond donors (Lipinski definition) is 2. The van der Waals surface area contributed by atoms with Crippen molar-refractivity contribution in [2.24, 2.45) is 0 Å². The number of benzene rings is 1. The number of likely N-dealkylation sites (N-methyl/N-ethyl adjacent to an activating group) is 1. The van der Waals surface area contributed by atoms with E-state index in [0.717, 1.165) is 5.56 Å². The van der Waals surface area contributed by atoms with Crippen LogP contribution in [0.5, 0.6) is 0 Å². The highest BCUT2D eigenvalue weighted by Crippen LogP contribution is 2.11. The Morgan fingerprint density at radius 3 is 2.58 bits per heavy atom. The normalized spacial score (nSPS) is 13.7. The fraction of sp³-hybridized carbons (Fsp3) is 0.538. The van der Waals surface area contributed by atoms with Gasteiger partial charge in [0.15, 0.2) is 0 Å². The van der Waals surface area contributed by atoms with E-state index in [1.807, 2.05) is 39.0 Å². The minimum absolute atomic E-state index is 0.148. The van der Waals surface area contributed by atoms with Gasteiger partial charge in [0.05, 0.1) is 4.90 Å². The molecule has 0 aliphatic rings. The lowest BCUT2D eigenvalue weighted by atomic mass is 10.2. The fourth-order valence-corrected chi connectivity index (χ4v) is 2.71. The molecule has 1 unspecified atom stereocenters. The first-order chi connectivity index (χ1) is 8.86. The van der Waals surface area contributed by atoms with E-state index in [1.165, 1.54) is 0 Å². The molecule has 0 fully saturated rings. The number of rotatable bonds is 7. The number of nitrogens with one attached hydrogen (secondary N) is 2. The maximum atomic E-state index is 12.2. The van der Waals surface area contributed by atoms with Gasteiger partial charge in [0, 0.05) is 19.1 Å². The van der Waals surface area contributed by atoms with E-state index < -0.39 is 10.0 Å². The molecule has 0 saturated carbocycles. The Kier molecular flexibility index (Phi) is 5.93. The van der Waals surface area contributed by atoms with Gasteiger partial charge in [-0.15, -0.1) is 0 Å². The maximum Gasteiger partial charge on any atom is 0.240 e. The van der Waals surface area contributed by atoms with Gasteiger partial charge in [-0.05, 0) is 45.8 Å². The third-order valence-electron chi connectivity index (χ3n) is 3.04. The first-order valence-corrected chi connectivity index (χ1v) is 7.74. The Labute approximate surface area is 116 Å². The number of sulfonamides is 1. The predicted octanol–water partition coefficient (Wildman–Crippen LogP) is 0.634. The minimum atomic E-state index is -3.43. The van der Waals surface area contributed by atoms with Crippen molar-refractivity contribution in [3.63, 3.8) is 0 Å². The first-order valence-electron chi connectivity index (χ1n) is 6.26. The van der Waals surface area contributed by atoms with Crippen LogP contribution in [0.1, 0.15) is 12.5 Å². The van der Waals surface area contributed by atoms with Crippen LogP contribution in [0.2, 0.25) is 0 Å². The Morgan fingerprint density at radius 2 is 2.00 bits per heavy atom. The van der Waals surface area contributed by atoms with Crippen molar-refractivity contribution in [2.45, 2.75) is 24.4 Å². The van der Waals surface area contributed by atoms with Gasteiger partial charge in [0.1, 0.15) is 0 Å². The molecule has 108 valence electrons. The van der Waals surface area contributed by atoms with Crippen LogP contribution in [0.15, 0.2) is 29.2 Å². The molecule has 1 aromatic rings. The van der Waals surface area contributed by atoms with Gasteiger partial charge in [-0.1, -0.05) is 12.1 Å². The largest absolute Gasteiger partial charge is 0.316 e. The smallest absolute Gasteiger partial charge is 0.240 e. The summed E-state index contributed by atoms with van der Waals surface area (Å²) in [6.07, 6.45) is 0. The van der Waals surface area contributed by atoms with E-state index in [1.54, 1.807) is 18.2 Å². The van der Waals surface area contributed by atoms with Crippen LogP contribution in [0.3, 0.4) is 0 Å². The molecular formula is C13H23N3O2S.